The number of nitrogens with zero attached hydrogens (tertiary/aromatic N) is 3. The lowest BCUT2D eigenvalue weighted by Gasteiger charge is -2.37. The second-order valence-electron chi connectivity index (χ2n) is 5.71. The Morgan fingerprint density at radius 1 is 1.20 bits per heavy atom. The fourth-order valence-electron chi connectivity index (χ4n) is 3.26. The molecular formula is C18H21N3O3S. The molecule has 1 aliphatic heterocycles. The number of ether oxygens (including phenoxy) is 2. The number of thioether (sulfide) groups is 1. The largest absolute Gasteiger partial charge is 0.481 e. The van der Waals surface area contributed by atoms with Crippen LogP contribution >= 0.6 is 11.8 Å². The summed E-state index contributed by atoms with van der Waals surface area (Å²) >= 11 is 1.41. The highest BCUT2D eigenvalue weighted by molar-refractivity contribution is 7.98. The van der Waals surface area contributed by atoms with Crippen LogP contribution in [0.5, 0.6) is 11.8 Å². The average molecular weight is 359 g/mol. The number of aromatic nitrogens is 2. The van der Waals surface area contributed by atoms with E-state index in [1.165, 1.54) is 17.3 Å². The van der Waals surface area contributed by atoms with Crippen molar-refractivity contribution in [3.8, 4) is 11.8 Å². The van der Waals surface area contributed by atoms with Gasteiger partial charge in [-0.2, -0.15) is 9.97 Å². The predicted octanol–water partition coefficient (Wildman–Crippen LogP) is 2.71. The first-order valence-electron chi connectivity index (χ1n) is 7.99. The van der Waals surface area contributed by atoms with Gasteiger partial charge in [-0.15, -0.1) is 0 Å². The summed E-state index contributed by atoms with van der Waals surface area (Å²) in [6.07, 6.45) is 2.71. The zero-order chi connectivity index (χ0) is 18.0. The summed E-state index contributed by atoms with van der Waals surface area (Å²) in [4.78, 5) is 23.1. The normalized spacial score (nSPS) is 16.3. The molecule has 7 heteroatoms. The van der Waals surface area contributed by atoms with Crippen molar-refractivity contribution >= 4 is 17.7 Å². The number of hydrogen-bond donors (Lipinski definition) is 0. The number of methoxy groups -OCH3 is 2. The van der Waals surface area contributed by atoms with Crippen LogP contribution in [0.1, 0.15) is 29.7 Å². The first-order valence-corrected chi connectivity index (χ1v) is 9.22. The predicted molar refractivity (Wildman–Crippen MR) is 96.3 cm³/mol. The monoisotopic (exact) mass is 359 g/mol. The molecule has 1 amide bonds. The van der Waals surface area contributed by atoms with Crippen LogP contribution in [0.15, 0.2) is 29.4 Å². The van der Waals surface area contributed by atoms with Crippen molar-refractivity contribution in [3.05, 3.63) is 41.0 Å². The highest BCUT2D eigenvalue weighted by Gasteiger charge is 2.36. The van der Waals surface area contributed by atoms with E-state index in [1.54, 1.807) is 21.1 Å². The van der Waals surface area contributed by atoms with Crippen molar-refractivity contribution in [1.82, 2.24) is 14.9 Å². The molecule has 0 aliphatic carbocycles. The zero-order valence-electron chi connectivity index (χ0n) is 14.8. The Morgan fingerprint density at radius 3 is 2.40 bits per heavy atom. The van der Waals surface area contributed by atoms with Gasteiger partial charge < -0.3 is 14.4 Å². The van der Waals surface area contributed by atoms with Crippen LogP contribution in [-0.2, 0) is 11.2 Å². The molecule has 2 heterocycles. The zero-order valence-corrected chi connectivity index (χ0v) is 15.6. The summed E-state index contributed by atoms with van der Waals surface area (Å²) in [5.41, 5.74) is 2.95. The second-order valence-corrected chi connectivity index (χ2v) is 6.48. The maximum absolute atomic E-state index is 12.3. The Hall–Kier alpha value is -2.28. The Bertz CT molecular complexity index is 772. The van der Waals surface area contributed by atoms with Crippen LogP contribution in [-0.4, -0.2) is 47.8 Å². The van der Waals surface area contributed by atoms with Gasteiger partial charge in [-0.05, 0) is 23.8 Å². The van der Waals surface area contributed by atoms with Crippen LogP contribution in [0, 0.1) is 0 Å². The SMILES string of the molecule is COc1nc(SC)nc(OC)c1C1c2ccccc2CCN1C(C)=O. The van der Waals surface area contributed by atoms with Crippen molar-refractivity contribution in [3.63, 3.8) is 0 Å². The third-order valence-corrected chi connectivity index (χ3v) is 4.93. The summed E-state index contributed by atoms with van der Waals surface area (Å²) in [6.45, 7) is 2.21. The van der Waals surface area contributed by atoms with Gasteiger partial charge in [-0.3, -0.25) is 4.79 Å². The third kappa shape index (κ3) is 3.16. The summed E-state index contributed by atoms with van der Waals surface area (Å²) in [5, 5.41) is 0.566. The Kier molecular flexibility index (Phi) is 5.13. The molecule has 132 valence electrons. The lowest BCUT2D eigenvalue weighted by atomic mass is 9.88. The molecular weight excluding hydrogens is 338 g/mol. The van der Waals surface area contributed by atoms with Gasteiger partial charge in [-0.25, -0.2) is 0 Å². The molecule has 1 unspecified atom stereocenters. The van der Waals surface area contributed by atoms with E-state index >= 15 is 0 Å². The summed E-state index contributed by atoms with van der Waals surface area (Å²) < 4.78 is 11.1. The van der Waals surface area contributed by atoms with Gasteiger partial charge in [0.1, 0.15) is 5.56 Å². The molecule has 1 aromatic carbocycles. The molecule has 3 rings (SSSR count). The lowest BCUT2D eigenvalue weighted by Crippen LogP contribution is -2.39. The smallest absolute Gasteiger partial charge is 0.226 e. The van der Waals surface area contributed by atoms with E-state index < -0.39 is 0 Å². The van der Waals surface area contributed by atoms with Crippen molar-refractivity contribution in [1.29, 1.82) is 0 Å². The van der Waals surface area contributed by atoms with E-state index in [0.29, 0.717) is 29.0 Å². The van der Waals surface area contributed by atoms with Gasteiger partial charge in [0.2, 0.25) is 17.7 Å². The number of amides is 1. The van der Waals surface area contributed by atoms with Crippen LogP contribution < -0.4 is 9.47 Å². The van der Waals surface area contributed by atoms with Crippen LogP contribution in [0.2, 0.25) is 0 Å². The van der Waals surface area contributed by atoms with E-state index in [9.17, 15) is 4.79 Å². The van der Waals surface area contributed by atoms with Crippen LogP contribution in [0.25, 0.3) is 0 Å². The van der Waals surface area contributed by atoms with Gasteiger partial charge in [0, 0.05) is 13.5 Å². The van der Waals surface area contributed by atoms with E-state index in [0.717, 1.165) is 12.0 Å². The minimum absolute atomic E-state index is 0.00227. The van der Waals surface area contributed by atoms with Crippen LogP contribution in [0.3, 0.4) is 0 Å². The van der Waals surface area contributed by atoms with Crippen molar-refractivity contribution in [2.45, 2.75) is 24.5 Å². The molecule has 0 N–H and O–H groups in total. The van der Waals surface area contributed by atoms with Gasteiger partial charge in [0.15, 0.2) is 5.16 Å². The molecule has 0 saturated carbocycles. The molecule has 6 nitrogen and oxygen atoms in total. The first-order chi connectivity index (χ1) is 12.1. The van der Waals surface area contributed by atoms with E-state index in [-0.39, 0.29) is 11.9 Å². The highest BCUT2D eigenvalue weighted by atomic mass is 32.2. The molecule has 1 aliphatic rings. The molecule has 0 bridgehead atoms. The molecule has 25 heavy (non-hydrogen) atoms. The van der Waals surface area contributed by atoms with Crippen molar-refractivity contribution in [2.75, 3.05) is 27.0 Å². The number of carbonyl (C=O) groups is 1. The quantitative estimate of drug-likeness (QED) is 0.618. The van der Waals surface area contributed by atoms with Gasteiger partial charge in [-0.1, -0.05) is 36.0 Å². The maximum atomic E-state index is 12.3. The molecule has 2 aromatic rings. The fourth-order valence-corrected chi connectivity index (χ4v) is 3.61. The molecule has 0 radical (unpaired) electrons. The fraction of sp³-hybridized carbons (Fsp3) is 0.389. The average Bonchev–Trinajstić information content (AvgIpc) is 2.65. The van der Waals surface area contributed by atoms with Gasteiger partial charge >= 0.3 is 0 Å². The number of carbonyl (C=O) groups excluding carboxylic acids is 1. The Balaban J connectivity index is 2.26. The summed E-state index contributed by atoms with van der Waals surface area (Å²) in [6, 6.07) is 7.79. The topological polar surface area (TPSA) is 64.6 Å². The van der Waals surface area contributed by atoms with Crippen molar-refractivity contribution in [2.24, 2.45) is 0 Å². The summed E-state index contributed by atoms with van der Waals surface area (Å²) in [5.74, 6) is 0.867. The Morgan fingerprint density at radius 2 is 1.84 bits per heavy atom. The maximum Gasteiger partial charge on any atom is 0.226 e. The molecule has 0 fully saturated rings. The number of hydrogen-bond acceptors (Lipinski definition) is 6. The van der Waals surface area contributed by atoms with Gasteiger partial charge in [0.05, 0.1) is 20.3 Å². The van der Waals surface area contributed by atoms with E-state index in [1.807, 2.05) is 29.4 Å². The molecule has 1 aromatic heterocycles. The third-order valence-electron chi connectivity index (χ3n) is 4.39. The number of benzene rings is 1. The molecule has 1 atom stereocenters. The summed E-state index contributed by atoms with van der Waals surface area (Å²) in [7, 11) is 3.14. The standard InChI is InChI=1S/C18H21N3O3S/c1-11(22)21-10-9-12-7-5-6-8-13(12)15(21)14-16(23-2)19-18(25-4)20-17(14)24-3/h5-8,15H,9-10H2,1-4H3. The van der Waals surface area contributed by atoms with Crippen molar-refractivity contribution < 1.29 is 14.3 Å². The first kappa shape index (κ1) is 17.5. The number of fused-ring (bicyclic) bond motifs is 1. The minimum Gasteiger partial charge on any atom is -0.481 e. The van der Waals surface area contributed by atoms with Crippen LogP contribution in [0.4, 0.5) is 0 Å². The van der Waals surface area contributed by atoms with E-state index in [4.69, 9.17) is 9.47 Å². The number of rotatable bonds is 4. The Labute approximate surface area is 151 Å². The highest BCUT2D eigenvalue weighted by Crippen LogP contribution is 2.43. The second kappa shape index (κ2) is 7.31. The minimum atomic E-state index is -0.330. The van der Waals surface area contributed by atoms with E-state index in [2.05, 4.69) is 16.0 Å². The molecule has 0 saturated heterocycles. The molecule has 0 spiro atoms. The lowest BCUT2D eigenvalue weighted by molar-refractivity contribution is -0.130. The van der Waals surface area contributed by atoms with Gasteiger partial charge in [0.25, 0.3) is 0 Å².